The zero-order valence-electron chi connectivity index (χ0n) is 6.77. The number of ether oxygens (including phenoxy) is 1. The van der Waals surface area contributed by atoms with Gasteiger partial charge in [-0.2, -0.15) is 5.26 Å². The molecule has 0 aromatic carbocycles. The van der Waals surface area contributed by atoms with Crippen molar-refractivity contribution in [3.05, 3.63) is 21.3 Å². The minimum atomic E-state index is -4.91. The van der Waals surface area contributed by atoms with Crippen LogP contribution in [0.15, 0.2) is 10.7 Å². The van der Waals surface area contributed by atoms with E-state index < -0.39 is 17.8 Å². The molecule has 8 heteroatoms. The van der Waals surface area contributed by atoms with Gasteiger partial charge in [0, 0.05) is 0 Å². The number of hydrogen-bond donors (Lipinski definition) is 0. The first-order valence-electron chi connectivity index (χ1n) is 3.35. The Morgan fingerprint density at radius 1 is 1.53 bits per heavy atom. The molecule has 1 heterocycles. The second-order valence-corrected chi connectivity index (χ2v) is 3.49. The molecule has 80 valence electrons. The zero-order valence-corrected chi connectivity index (χ0v) is 9.11. The van der Waals surface area contributed by atoms with Crippen LogP contribution in [0.1, 0.15) is 5.56 Å². The molecule has 0 N–H and O–H groups in total. The first kappa shape index (κ1) is 12.1. The molecule has 0 amide bonds. The monoisotopic (exact) mass is 300 g/mol. The van der Waals surface area contributed by atoms with Crippen LogP contribution in [0.25, 0.3) is 0 Å². The molecule has 0 unspecified atom stereocenters. The van der Waals surface area contributed by atoms with Crippen LogP contribution in [-0.2, 0) is 0 Å². The standard InChI is InChI=1S/C7HBrClF3N2O/c8-5-1-4(9)3(2-13)6(14-5)15-7(10,11)12/h1H. The van der Waals surface area contributed by atoms with Gasteiger partial charge >= 0.3 is 6.36 Å². The number of rotatable bonds is 1. The van der Waals surface area contributed by atoms with E-state index in [1.807, 2.05) is 0 Å². The third-order valence-electron chi connectivity index (χ3n) is 1.23. The maximum Gasteiger partial charge on any atom is 0.574 e. The van der Waals surface area contributed by atoms with E-state index in [-0.39, 0.29) is 9.63 Å². The summed E-state index contributed by atoms with van der Waals surface area (Å²) >= 11 is 8.36. The van der Waals surface area contributed by atoms with Crippen LogP contribution in [0.2, 0.25) is 5.02 Å². The smallest absolute Gasteiger partial charge is 0.386 e. The highest BCUT2D eigenvalue weighted by atomic mass is 79.9. The maximum atomic E-state index is 11.9. The lowest BCUT2D eigenvalue weighted by Gasteiger charge is -2.09. The minimum absolute atomic E-state index is 0.0470. The van der Waals surface area contributed by atoms with E-state index in [2.05, 4.69) is 25.7 Å². The third kappa shape index (κ3) is 3.25. The quantitative estimate of drug-likeness (QED) is 0.748. The van der Waals surface area contributed by atoms with E-state index in [4.69, 9.17) is 16.9 Å². The Balaban J connectivity index is 3.23. The summed E-state index contributed by atoms with van der Waals surface area (Å²) in [4.78, 5) is 3.36. The summed E-state index contributed by atoms with van der Waals surface area (Å²) in [5, 5.41) is 8.38. The van der Waals surface area contributed by atoms with Crippen molar-refractivity contribution < 1.29 is 17.9 Å². The lowest BCUT2D eigenvalue weighted by atomic mass is 10.3. The molecule has 0 fully saturated rings. The Kier molecular flexibility index (Phi) is 3.42. The van der Waals surface area contributed by atoms with Crippen LogP contribution in [0.3, 0.4) is 0 Å². The lowest BCUT2D eigenvalue weighted by Crippen LogP contribution is -2.18. The van der Waals surface area contributed by atoms with Gasteiger partial charge in [-0.3, -0.25) is 0 Å². The summed E-state index contributed by atoms with van der Waals surface area (Å²) in [6, 6.07) is 2.67. The molecule has 1 aromatic rings. The van der Waals surface area contributed by atoms with Crippen molar-refractivity contribution in [1.82, 2.24) is 4.98 Å². The molecule has 3 nitrogen and oxygen atoms in total. The van der Waals surface area contributed by atoms with Crippen LogP contribution in [-0.4, -0.2) is 11.3 Å². The molecule has 15 heavy (non-hydrogen) atoms. The summed E-state index contributed by atoms with van der Waals surface area (Å²) in [6.07, 6.45) is -4.91. The molecule has 0 bridgehead atoms. The largest absolute Gasteiger partial charge is 0.574 e. The fourth-order valence-corrected chi connectivity index (χ4v) is 1.50. The first-order valence-corrected chi connectivity index (χ1v) is 4.52. The van der Waals surface area contributed by atoms with E-state index in [1.165, 1.54) is 12.1 Å². The van der Waals surface area contributed by atoms with Gasteiger partial charge in [-0.15, -0.1) is 13.2 Å². The van der Waals surface area contributed by atoms with Gasteiger partial charge in [0.15, 0.2) is 0 Å². The van der Waals surface area contributed by atoms with Crippen molar-refractivity contribution >= 4 is 27.5 Å². The molecule has 0 aliphatic rings. The highest BCUT2D eigenvalue weighted by molar-refractivity contribution is 9.10. The van der Waals surface area contributed by atoms with Crippen LogP contribution >= 0.6 is 27.5 Å². The second kappa shape index (κ2) is 4.24. The van der Waals surface area contributed by atoms with E-state index in [1.54, 1.807) is 0 Å². The number of alkyl halides is 3. The average molecular weight is 301 g/mol. The van der Waals surface area contributed by atoms with Gasteiger partial charge in [-0.1, -0.05) is 11.6 Å². The van der Waals surface area contributed by atoms with E-state index >= 15 is 0 Å². The van der Waals surface area contributed by atoms with Gasteiger partial charge in [0.2, 0.25) is 5.88 Å². The van der Waals surface area contributed by atoms with Gasteiger partial charge in [0.1, 0.15) is 16.2 Å². The van der Waals surface area contributed by atoms with Crippen LogP contribution in [0.5, 0.6) is 5.88 Å². The number of aromatic nitrogens is 1. The summed E-state index contributed by atoms with van der Waals surface area (Å²) in [5.74, 6) is -0.871. The highest BCUT2D eigenvalue weighted by Crippen LogP contribution is 2.30. The molecule has 0 atom stereocenters. The van der Waals surface area contributed by atoms with Gasteiger partial charge < -0.3 is 4.74 Å². The van der Waals surface area contributed by atoms with E-state index in [0.29, 0.717) is 0 Å². The molecular weight excluding hydrogens is 300 g/mol. The second-order valence-electron chi connectivity index (χ2n) is 2.27. The normalized spacial score (nSPS) is 10.9. The van der Waals surface area contributed by atoms with Crippen molar-refractivity contribution in [3.8, 4) is 11.9 Å². The Morgan fingerprint density at radius 3 is 2.60 bits per heavy atom. The highest BCUT2D eigenvalue weighted by Gasteiger charge is 2.33. The number of halogens is 5. The SMILES string of the molecule is N#Cc1c(Cl)cc(Br)nc1OC(F)(F)F. The number of pyridine rings is 1. The predicted octanol–water partition coefficient (Wildman–Crippen LogP) is 3.27. The van der Waals surface area contributed by atoms with Crippen LogP contribution in [0.4, 0.5) is 13.2 Å². The Labute approximate surface area is 95.6 Å². The topological polar surface area (TPSA) is 45.9 Å². The summed E-state index contributed by atoms with van der Waals surface area (Å²) in [5.41, 5.74) is -0.461. The third-order valence-corrected chi connectivity index (χ3v) is 1.94. The van der Waals surface area contributed by atoms with E-state index in [9.17, 15) is 13.2 Å². The minimum Gasteiger partial charge on any atom is -0.386 e. The Bertz CT molecular complexity index is 429. The molecule has 1 rings (SSSR count). The van der Waals surface area contributed by atoms with Crippen molar-refractivity contribution in [1.29, 1.82) is 5.26 Å². The summed E-state index contributed by atoms with van der Waals surface area (Å²) in [6.45, 7) is 0. The summed E-state index contributed by atoms with van der Waals surface area (Å²) in [7, 11) is 0. The van der Waals surface area contributed by atoms with Crippen molar-refractivity contribution in [3.63, 3.8) is 0 Å². The van der Waals surface area contributed by atoms with Crippen LogP contribution in [0, 0.1) is 11.3 Å². The molecule has 0 aliphatic carbocycles. The number of nitrogens with zero attached hydrogens (tertiary/aromatic N) is 2. The van der Waals surface area contributed by atoms with E-state index in [0.717, 1.165) is 0 Å². The lowest BCUT2D eigenvalue weighted by molar-refractivity contribution is -0.276. The number of hydrogen-bond acceptors (Lipinski definition) is 3. The maximum absolute atomic E-state index is 11.9. The molecule has 0 saturated heterocycles. The molecular formula is C7HBrClF3N2O. The molecule has 0 radical (unpaired) electrons. The van der Waals surface area contributed by atoms with Crippen molar-refractivity contribution in [2.24, 2.45) is 0 Å². The van der Waals surface area contributed by atoms with Gasteiger partial charge in [-0.05, 0) is 22.0 Å². The van der Waals surface area contributed by atoms with Crippen LogP contribution < -0.4 is 4.74 Å². The zero-order chi connectivity index (χ0) is 11.6. The molecule has 0 saturated carbocycles. The average Bonchev–Trinajstić information content (AvgIpc) is 1.99. The fraction of sp³-hybridized carbons (Fsp3) is 0.143. The molecule has 0 spiro atoms. The molecule has 1 aromatic heterocycles. The van der Waals surface area contributed by atoms with Gasteiger partial charge in [-0.25, -0.2) is 4.98 Å². The molecule has 0 aliphatic heterocycles. The number of nitriles is 1. The predicted molar refractivity (Wildman–Crippen MR) is 48.3 cm³/mol. The Morgan fingerprint density at radius 2 is 2.13 bits per heavy atom. The Hall–Kier alpha value is -1.00. The van der Waals surface area contributed by atoms with Gasteiger partial charge in [0.25, 0.3) is 0 Å². The first-order chi connectivity index (χ1) is 6.83. The fourth-order valence-electron chi connectivity index (χ4n) is 0.749. The van der Waals surface area contributed by atoms with Gasteiger partial charge in [0.05, 0.1) is 5.02 Å². The summed E-state index contributed by atoms with van der Waals surface area (Å²) < 4.78 is 39.3. The van der Waals surface area contributed by atoms with Crippen molar-refractivity contribution in [2.45, 2.75) is 6.36 Å². The van der Waals surface area contributed by atoms with Crippen molar-refractivity contribution in [2.75, 3.05) is 0 Å².